The van der Waals surface area contributed by atoms with Gasteiger partial charge in [0, 0.05) is 17.6 Å². The maximum Gasteiger partial charge on any atom is 0.276 e. The monoisotopic (exact) mass is 548 g/mol. The normalized spacial score (nSPS) is 15.8. The standard InChI is InChI=1S/C16H11Br3N2O3S/c1-21-15(22)13(20-16(21)25)6-9-2-3-10(24-9)7-23-14-11(18)4-8(17)5-12(14)19/h2-6H,7H2,1H3,(H,20,25)/b13-6+. The number of carbonyl (C=O) groups excluding carboxylic acids is 1. The molecule has 3 rings (SSSR count). The minimum atomic E-state index is -0.193. The van der Waals surface area contributed by atoms with Crippen molar-refractivity contribution in [3.63, 3.8) is 0 Å². The third kappa shape index (κ3) is 4.16. The van der Waals surface area contributed by atoms with Crippen LogP contribution in [-0.4, -0.2) is 23.0 Å². The molecule has 0 radical (unpaired) electrons. The molecule has 1 fully saturated rings. The van der Waals surface area contributed by atoms with E-state index in [1.54, 1.807) is 25.3 Å². The minimum absolute atomic E-state index is 0.193. The van der Waals surface area contributed by atoms with Crippen molar-refractivity contribution >= 4 is 77.1 Å². The van der Waals surface area contributed by atoms with Gasteiger partial charge >= 0.3 is 0 Å². The van der Waals surface area contributed by atoms with E-state index in [-0.39, 0.29) is 12.5 Å². The van der Waals surface area contributed by atoms with Gasteiger partial charge in [-0.1, -0.05) is 15.9 Å². The molecule has 1 aromatic heterocycles. The second kappa shape index (κ2) is 7.61. The fourth-order valence-corrected chi connectivity index (χ4v) is 4.81. The fourth-order valence-electron chi connectivity index (χ4n) is 2.13. The molecule has 0 bridgehead atoms. The Morgan fingerprint density at radius 2 is 1.96 bits per heavy atom. The van der Waals surface area contributed by atoms with Gasteiger partial charge in [-0.15, -0.1) is 0 Å². The van der Waals surface area contributed by atoms with Crippen molar-refractivity contribution in [3.05, 3.63) is 54.9 Å². The smallest absolute Gasteiger partial charge is 0.276 e. The van der Waals surface area contributed by atoms with Crippen molar-refractivity contribution in [2.45, 2.75) is 6.61 Å². The third-order valence-electron chi connectivity index (χ3n) is 3.37. The van der Waals surface area contributed by atoms with Crippen LogP contribution in [0.5, 0.6) is 5.75 Å². The molecule has 25 heavy (non-hydrogen) atoms. The van der Waals surface area contributed by atoms with Gasteiger partial charge in [0.05, 0.1) is 8.95 Å². The van der Waals surface area contributed by atoms with Crippen LogP contribution in [-0.2, 0) is 11.4 Å². The van der Waals surface area contributed by atoms with Crippen molar-refractivity contribution in [1.82, 2.24) is 10.2 Å². The number of benzene rings is 1. The Morgan fingerprint density at radius 1 is 1.28 bits per heavy atom. The van der Waals surface area contributed by atoms with Crippen LogP contribution in [0.1, 0.15) is 11.5 Å². The van der Waals surface area contributed by atoms with E-state index in [1.165, 1.54) is 4.90 Å². The lowest BCUT2D eigenvalue weighted by molar-refractivity contribution is -0.121. The van der Waals surface area contributed by atoms with Crippen molar-refractivity contribution in [2.75, 3.05) is 7.05 Å². The van der Waals surface area contributed by atoms with Gasteiger partial charge < -0.3 is 14.5 Å². The lowest BCUT2D eigenvalue weighted by Crippen LogP contribution is -2.25. The third-order valence-corrected chi connectivity index (χ3v) is 5.38. The number of likely N-dealkylation sites (N-methyl/N-ethyl adjacent to an activating group) is 1. The van der Waals surface area contributed by atoms with E-state index < -0.39 is 0 Å². The van der Waals surface area contributed by atoms with E-state index in [0.29, 0.717) is 28.1 Å². The Morgan fingerprint density at radius 3 is 2.56 bits per heavy atom. The first kappa shape index (κ1) is 18.6. The molecule has 2 heterocycles. The molecule has 1 aliphatic heterocycles. The number of nitrogens with zero attached hydrogens (tertiary/aromatic N) is 1. The number of hydrogen-bond acceptors (Lipinski definition) is 4. The van der Waals surface area contributed by atoms with Crippen molar-refractivity contribution in [2.24, 2.45) is 0 Å². The van der Waals surface area contributed by atoms with E-state index in [2.05, 4.69) is 53.1 Å². The van der Waals surface area contributed by atoms with E-state index in [0.717, 1.165) is 13.4 Å². The quantitative estimate of drug-likeness (QED) is 0.436. The highest BCUT2D eigenvalue weighted by Gasteiger charge is 2.27. The Labute approximate surface area is 174 Å². The zero-order chi connectivity index (χ0) is 18.1. The highest BCUT2D eigenvalue weighted by molar-refractivity contribution is 9.11. The van der Waals surface area contributed by atoms with Crippen LogP contribution in [0.2, 0.25) is 0 Å². The zero-order valence-corrected chi connectivity index (χ0v) is 18.4. The molecule has 1 aromatic carbocycles. The molecule has 9 heteroatoms. The maximum absolute atomic E-state index is 12.0. The van der Waals surface area contributed by atoms with Crippen molar-refractivity contribution in [1.29, 1.82) is 0 Å². The van der Waals surface area contributed by atoms with Gasteiger partial charge in [-0.05, 0) is 68.3 Å². The predicted octanol–water partition coefficient (Wildman–Crippen LogP) is 4.83. The molecule has 0 atom stereocenters. The van der Waals surface area contributed by atoms with Crippen molar-refractivity contribution in [3.8, 4) is 5.75 Å². The summed E-state index contributed by atoms with van der Waals surface area (Å²) in [5.74, 6) is 1.66. The second-order valence-electron chi connectivity index (χ2n) is 5.14. The molecule has 0 unspecified atom stereocenters. The highest BCUT2D eigenvalue weighted by Crippen LogP contribution is 2.37. The average molecular weight is 551 g/mol. The maximum atomic E-state index is 12.0. The average Bonchev–Trinajstić information content (AvgIpc) is 3.07. The first-order valence-corrected chi connectivity index (χ1v) is 9.80. The summed E-state index contributed by atoms with van der Waals surface area (Å²) < 4.78 is 14.1. The molecule has 1 aliphatic rings. The van der Waals surface area contributed by atoms with Gasteiger partial charge in [-0.25, -0.2) is 0 Å². The summed E-state index contributed by atoms with van der Waals surface area (Å²) in [6.45, 7) is 0.252. The molecule has 1 N–H and O–H groups in total. The topological polar surface area (TPSA) is 54.7 Å². The number of nitrogens with one attached hydrogen (secondary N) is 1. The van der Waals surface area contributed by atoms with Crippen LogP contribution in [0.4, 0.5) is 0 Å². The molecule has 130 valence electrons. The summed E-state index contributed by atoms with van der Waals surface area (Å²) in [5, 5.41) is 3.22. The lowest BCUT2D eigenvalue weighted by atomic mass is 10.3. The number of rotatable bonds is 4. The summed E-state index contributed by atoms with van der Waals surface area (Å²) >= 11 is 15.4. The molecule has 1 amide bonds. The predicted molar refractivity (Wildman–Crippen MR) is 109 cm³/mol. The number of hydrogen-bond donors (Lipinski definition) is 1. The largest absolute Gasteiger partial charge is 0.483 e. The van der Waals surface area contributed by atoms with Crippen LogP contribution >= 0.6 is 60.0 Å². The molecular formula is C16H11Br3N2O3S. The number of ether oxygens (including phenoxy) is 1. The summed E-state index contributed by atoms with van der Waals surface area (Å²) in [7, 11) is 1.62. The molecule has 5 nitrogen and oxygen atoms in total. The van der Waals surface area contributed by atoms with Crippen LogP contribution in [0, 0.1) is 0 Å². The van der Waals surface area contributed by atoms with Crippen LogP contribution in [0.3, 0.4) is 0 Å². The molecule has 0 spiro atoms. The molecular weight excluding hydrogens is 540 g/mol. The zero-order valence-electron chi connectivity index (χ0n) is 12.8. The Bertz CT molecular complexity index is 871. The first-order chi connectivity index (χ1) is 11.8. The highest BCUT2D eigenvalue weighted by atomic mass is 79.9. The Hall–Kier alpha value is -1.16. The number of furan rings is 1. The molecule has 2 aromatic rings. The van der Waals surface area contributed by atoms with Gasteiger partial charge in [-0.2, -0.15) is 0 Å². The van der Waals surface area contributed by atoms with E-state index in [4.69, 9.17) is 21.4 Å². The lowest BCUT2D eigenvalue weighted by Gasteiger charge is -2.09. The molecule has 1 saturated heterocycles. The second-order valence-corrected chi connectivity index (χ2v) is 8.15. The Kier molecular flexibility index (Phi) is 5.67. The number of amides is 1. The summed E-state index contributed by atoms with van der Waals surface area (Å²) in [5.41, 5.74) is 0.382. The van der Waals surface area contributed by atoms with Gasteiger partial charge in [0.25, 0.3) is 5.91 Å². The summed E-state index contributed by atoms with van der Waals surface area (Å²) in [4.78, 5) is 13.3. The van der Waals surface area contributed by atoms with Crippen molar-refractivity contribution < 1.29 is 13.9 Å². The fraction of sp³-hybridized carbons (Fsp3) is 0.125. The van der Waals surface area contributed by atoms with E-state index in [1.807, 2.05) is 12.1 Å². The van der Waals surface area contributed by atoms with E-state index >= 15 is 0 Å². The van der Waals surface area contributed by atoms with Gasteiger partial charge in [0.2, 0.25) is 0 Å². The van der Waals surface area contributed by atoms with Gasteiger partial charge in [-0.3, -0.25) is 9.69 Å². The minimum Gasteiger partial charge on any atom is -0.483 e. The SMILES string of the molecule is CN1C(=O)/C(=C\c2ccc(COc3c(Br)cc(Br)cc3Br)o2)NC1=S. The summed E-state index contributed by atoms with van der Waals surface area (Å²) in [6.07, 6.45) is 1.62. The Balaban J connectivity index is 1.71. The number of thiocarbonyl (C=S) groups is 1. The first-order valence-electron chi connectivity index (χ1n) is 7.02. The van der Waals surface area contributed by atoms with Crippen LogP contribution in [0.25, 0.3) is 6.08 Å². The van der Waals surface area contributed by atoms with Gasteiger partial charge in [0.1, 0.15) is 29.6 Å². The number of carbonyl (C=O) groups is 1. The molecule has 0 saturated carbocycles. The number of halogens is 3. The van der Waals surface area contributed by atoms with Crippen LogP contribution in [0.15, 0.2) is 47.8 Å². The summed E-state index contributed by atoms with van der Waals surface area (Å²) in [6, 6.07) is 7.37. The van der Waals surface area contributed by atoms with Crippen LogP contribution < -0.4 is 10.1 Å². The molecule has 0 aliphatic carbocycles. The van der Waals surface area contributed by atoms with E-state index in [9.17, 15) is 4.79 Å². The van der Waals surface area contributed by atoms with Gasteiger partial charge in [0.15, 0.2) is 5.11 Å².